The third kappa shape index (κ3) is 3.84. The fourth-order valence-corrected chi connectivity index (χ4v) is 3.08. The Kier molecular flexibility index (Phi) is 3.93. The standard InChI is InChI=1S/C15H25N3O2/c1-14(2)10-17(11-15(3,4)20-14)7-8-18-9-12(16)5-6-13(18)19/h5-6,9H,7-8,10-11,16H2,1-4H3. The molecule has 0 aliphatic carbocycles. The maximum Gasteiger partial charge on any atom is 0.250 e. The Hall–Kier alpha value is -1.33. The second kappa shape index (κ2) is 5.22. The molecule has 0 aromatic carbocycles. The van der Waals surface area contributed by atoms with Crippen LogP contribution >= 0.6 is 0 Å². The minimum Gasteiger partial charge on any atom is -0.398 e. The number of ether oxygens (including phenoxy) is 1. The van der Waals surface area contributed by atoms with E-state index >= 15 is 0 Å². The molecule has 2 heterocycles. The molecule has 2 rings (SSSR count). The summed E-state index contributed by atoms with van der Waals surface area (Å²) in [5.74, 6) is 0. The molecule has 0 amide bonds. The van der Waals surface area contributed by atoms with E-state index in [4.69, 9.17) is 10.5 Å². The Morgan fingerprint density at radius 3 is 2.35 bits per heavy atom. The smallest absolute Gasteiger partial charge is 0.250 e. The average molecular weight is 279 g/mol. The SMILES string of the molecule is CC1(C)CN(CCn2cc(N)ccc2=O)CC(C)(C)O1. The molecular weight excluding hydrogens is 254 g/mol. The zero-order valence-electron chi connectivity index (χ0n) is 12.8. The van der Waals surface area contributed by atoms with E-state index in [2.05, 4.69) is 32.6 Å². The van der Waals surface area contributed by atoms with Crippen molar-refractivity contribution >= 4 is 5.69 Å². The van der Waals surface area contributed by atoms with Crippen LogP contribution in [0.1, 0.15) is 27.7 Å². The van der Waals surface area contributed by atoms with Crippen molar-refractivity contribution in [3.05, 3.63) is 28.7 Å². The molecule has 0 bridgehead atoms. The molecular formula is C15H25N3O2. The molecule has 1 aliphatic heterocycles. The number of nitrogens with two attached hydrogens (primary N) is 1. The molecule has 0 unspecified atom stereocenters. The van der Waals surface area contributed by atoms with Gasteiger partial charge in [0, 0.05) is 44.1 Å². The van der Waals surface area contributed by atoms with Crippen LogP contribution in [0.15, 0.2) is 23.1 Å². The fourth-order valence-electron chi connectivity index (χ4n) is 3.08. The third-order valence-corrected chi connectivity index (χ3v) is 3.42. The van der Waals surface area contributed by atoms with Crippen LogP contribution in [0.5, 0.6) is 0 Å². The summed E-state index contributed by atoms with van der Waals surface area (Å²) in [5.41, 5.74) is 6.01. The molecule has 0 radical (unpaired) electrons. The van der Waals surface area contributed by atoms with Crippen LogP contribution < -0.4 is 11.3 Å². The molecule has 1 aliphatic rings. The number of anilines is 1. The number of aromatic nitrogens is 1. The van der Waals surface area contributed by atoms with Crippen molar-refractivity contribution in [1.82, 2.24) is 9.47 Å². The molecule has 0 saturated carbocycles. The first-order valence-corrected chi connectivity index (χ1v) is 7.05. The summed E-state index contributed by atoms with van der Waals surface area (Å²) in [7, 11) is 0. The average Bonchev–Trinajstić information content (AvgIpc) is 2.26. The minimum atomic E-state index is -0.164. The van der Waals surface area contributed by atoms with Crippen LogP contribution in [-0.4, -0.2) is 40.3 Å². The maximum atomic E-state index is 11.8. The molecule has 1 saturated heterocycles. The summed E-state index contributed by atoms with van der Waals surface area (Å²) < 4.78 is 7.73. The first kappa shape index (κ1) is 15.1. The van der Waals surface area contributed by atoms with Gasteiger partial charge < -0.3 is 15.0 Å². The van der Waals surface area contributed by atoms with Gasteiger partial charge in [0.1, 0.15) is 0 Å². The van der Waals surface area contributed by atoms with Crippen molar-refractivity contribution in [2.24, 2.45) is 0 Å². The van der Waals surface area contributed by atoms with Crippen molar-refractivity contribution < 1.29 is 4.74 Å². The molecule has 112 valence electrons. The lowest BCUT2D eigenvalue weighted by molar-refractivity contribution is -0.180. The van der Waals surface area contributed by atoms with E-state index < -0.39 is 0 Å². The molecule has 1 fully saturated rings. The van der Waals surface area contributed by atoms with Crippen LogP contribution in [0.3, 0.4) is 0 Å². The normalized spacial score (nSPS) is 21.8. The maximum absolute atomic E-state index is 11.8. The van der Waals surface area contributed by atoms with E-state index in [9.17, 15) is 4.79 Å². The Balaban J connectivity index is 2.03. The van der Waals surface area contributed by atoms with Gasteiger partial charge in [-0.2, -0.15) is 0 Å². The number of rotatable bonds is 3. The zero-order valence-corrected chi connectivity index (χ0v) is 12.8. The molecule has 0 spiro atoms. The molecule has 0 atom stereocenters. The lowest BCUT2D eigenvalue weighted by Crippen LogP contribution is -2.57. The van der Waals surface area contributed by atoms with Gasteiger partial charge in [0.05, 0.1) is 11.2 Å². The van der Waals surface area contributed by atoms with Gasteiger partial charge in [0.2, 0.25) is 0 Å². The lowest BCUT2D eigenvalue weighted by Gasteiger charge is -2.47. The Labute approximate surface area is 120 Å². The number of hydrogen-bond acceptors (Lipinski definition) is 4. The largest absolute Gasteiger partial charge is 0.398 e. The van der Waals surface area contributed by atoms with Crippen molar-refractivity contribution in [3.8, 4) is 0 Å². The van der Waals surface area contributed by atoms with E-state index in [1.54, 1.807) is 16.8 Å². The van der Waals surface area contributed by atoms with Gasteiger partial charge in [0.15, 0.2) is 0 Å². The van der Waals surface area contributed by atoms with E-state index in [1.807, 2.05) is 0 Å². The third-order valence-electron chi connectivity index (χ3n) is 3.42. The predicted octanol–water partition coefficient (Wildman–Crippen LogP) is 1.32. The quantitative estimate of drug-likeness (QED) is 0.906. The second-order valence-electron chi connectivity index (χ2n) is 6.83. The van der Waals surface area contributed by atoms with Crippen molar-refractivity contribution in [1.29, 1.82) is 0 Å². The van der Waals surface area contributed by atoms with Crippen LogP contribution in [0.2, 0.25) is 0 Å². The predicted molar refractivity (Wildman–Crippen MR) is 80.8 cm³/mol. The van der Waals surface area contributed by atoms with Gasteiger partial charge >= 0.3 is 0 Å². The lowest BCUT2D eigenvalue weighted by atomic mass is 9.99. The summed E-state index contributed by atoms with van der Waals surface area (Å²) in [6.07, 6.45) is 1.71. The van der Waals surface area contributed by atoms with Gasteiger partial charge in [-0.05, 0) is 33.8 Å². The highest BCUT2D eigenvalue weighted by molar-refractivity contribution is 5.33. The zero-order chi connectivity index (χ0) is 15.0. The first-order chi connectivity index (χ1) is 9.17. The van der Waals surface area contributed by atoms with Crippen LogP contribution in [0.25, 0.3) is 0 Å². The van der Waals surface area contributed by atoms with Crippen LogP contribution in [-0.2, 0) is 11.3 Å². The van der Waals surface area contributed by atoms with Gasteiger partial charge in [-0.15, -0.1) is 0 Å². The minimum absolute atomic E-state index is 0.00835. The Bertz CT molecular complexity index is 518. The fraction of sp³-hybridized carbons (Fsp3) is 0.667. The molecule has 20 heavy (non-hydrogen) atoms. The Morgan fingerprint density at radius 2 is 1.75 bits per heavy atom. The summed E-state index contributed by atoms with van der Waals surface area (Å²) in [5, 5.41) is 0. The second-order valence-corrected chi connectivity index (χ2v) is 6.83. The van der Waals surface area contributed by atoms with Gasteiger partial charge in [0.25, 0.3) is 5.56 Å². The van der Waals surface area contributed by atoms with Gasteiger partial charge in [-0.25, -0.2) is 0 Å². The summed E-state index contributed by atoms with van der Waals surface area (Å²) in [4.78, 5) is 14.1. The topological polar surface area (TPSA) is 60.5 Å². The van der Waals surface area contributed by atoms with E-state index in [-0.39, 0.29) is 16.8 Å². The molecule has 5 heteroatoms. The van der Waals surface area contributed by atoms with Crippen LogP contribution in [0, 0.1) is 0 Å². The highest BCUT2D eigenvalue weighted by atomic mass is 16.5. The van der Waals surface area contributed by atoms with Gasteiger partial charge in [-0.1, -0.05) is 0 Å². The van der Waals surface area contributed by atoms with Crippen molar-refractivity contribution in [2.75, 3.05) is 25.4 Å². The van der Waals surface area contributed by atoms with Crippen molar-refractivity contribution in [2.45, 2.75) is 45.4 Å². The number of nitrogen functional groups attached to an aromatic ring is 1. The van der Waals surface area contributed by atoms with E-state index in [0.29, 0.717) is 12.2 Å². The highest BCUT2D eigenvalue weighted by Crippen LogP contribution is 2.27. The molecule has 2 N–H and O–H groups in total. The number of nitrogens with zero attached hydrogens (tertiary/aromatic N) is 2. The van der Waals surface area contributed by atoms with E-state index in [1.165, 1.54) is 6.07 Å². The molecule has 5 nitrogen and oxygen atoms in total. The summed E-state index contributed by atoms with van der Waals surface area (Å²) in [6.45, 7) is 11.6. The molecule has 1 aromatic rings. The number of pyridine rings is 1. The molecule has 1 aromatic heterocycles. The monoisotopic (exact) mass is 279 g/mol. The summed E-state index contributed by atoms with van der Waals surface area (Å²) >= 11 is 0. The Morgan fingerprint density at radius 1 is 1.15 bits per heavy atom. The number of hydrogen-bond donors (Lipinski definition) is 1. The summed E-state index contributed by atoms with van der Waals surface area (Å²) in [6, 6.07) is 3.16. The highest BCUT2D eigenvalue weighted by Gasteiger charge is 2.37. The van der Waals surface area contributed by atoms with E-state index in [0.717, 1.165) is 19.6 Å². The number of morpholine rings is 1. The van der Waals surface area contributed by atoms with Crippen molar-refractivity contribution in [3.63, 3.8) is 0 Å². The first-order valence-electron chi connectivity index (χ1n) is 7.05. The van der Waals surface area contributed by atoms with Crippen LogP contribution in [0.4, 0.5) is 5.69 Å². The van der Waals surface area contributed by atoms with Gasteiger partial charge in [-0.3, -0.25) is 9.69 Å².